The van der Waals surface area contributed by atoms with Gasteiger partial charge in [-0.3, -0.25) is 0 Å². The van der Waals surface area contributed by atoms with Crippen LogP contribution in [-0.4, -0.2) is 19.5 Å². The Bertz CT molecular complexity index is 534. The molecule has 1 aromatic carbocycles. The second-order valence-corrected chi connectivity index (χ2v) is 4.84. The number of benzene rings is 1. The molecule has 1 aromatic rings. The summed E-state index contributed by atoms with van der Waals surface area (Å²) in [6.07, 6.45) is 0.0820. The number of hydrogen-bond acceptors (Lipinski definition) is 3. The summed E-state index contributed by atoms with van der Waals surface area (Å²) < 4.78 is 22.1. The molecule has 16 heavy (non-hydrogen) atoms. The molecule has 0 aromatic heterocycles. The van der Waals surface area contributed by atoms with Gasteiger partial charge in [-0.25, -0.2) is 18.4 Å². The Hall–Kier alpha value is -1.66. The third-order valence-electron chi connectivity index (χ3n) is 1.95. The second-order valence-electron chi connectivity index (χ2n) is 3.28. The molecular formula is C10H11NO4S. The van der Waals surface area contributed by atoms with Crippen molar-refractivity contribution in [1.29, 1.82) is 0 Å². The summed E-state index contributed by atoms with van der Waals surface area (Å²) in [6, 6.07) is 5.80. The van der Waals surface area contributed by atoms with Crippen LogP contribution in [0, 0.1) is 0 Å². The van der Waals surface area contributed by atoms with E-state index < -0.39 is 16.0 Å². The third-order valence-corrected chi connectivity index (χ3v) is 2.86. The first-order chi connectivity index (χ1) is 7.30. The van der Waals surface area contributed by atoms with Crippen LogP contribution in [-0.2, 0) is 21.2 Å². The number of carboxylic acid groups (broad SMARTS) is 1. The van der Waals surface area contributed by atoms with Gasteiger partial charge in [0.05, 0.1) is 4.90 Å². The molecule has 0 spiro atoms. The van der Waals surface area contributed by atoms with Crippen molar-refractivity contribution in [2.24, 2.45) is 5.14 Å². The summed E-state index contributed by atoms with van der Waals surface area (Å²) in [5.41, 5.74) is 0.533. The first-order valence-electron chi connectivity index (χ1n) is 4.33. The maximum absolute atomic E-state index is 11.0. The standard InChI is InChI=1S/C10H11NO4S/c1-7(10(12)13)5-8-3-2-4-9(6-8)16(11,14)15/h2-4,6H,1,5H2,(H,12,13)(H2,11,14,15). The fourth-order valence-electron chi connectivity index (χ4n) is 1.15. The van der Waals surface area contributed by atoms with Crippen molar-refractivity contribution in [3.8, 4) is 0 Å². The maximum atomic E-state index is 11.0. The fraction of sp³-hybridized carbons (Fsp3) is 0.100. The van der Waals surface area contributed by atoms with E-state index in [2.05, 4.69) is 6.58 Å². The van der Waals surface area contributed by atoms with Gasteiger partial charge in [0.25, 0.3) is 0 Å². The molecule has 0 fully saturated rings. The van der Waals surface area contributed by atoms with Crippen LogP contribution in [0.15, 0.2) is 41.3 Å². The summed E-state index contributed by atoms with van der Waals surface area (Å²) in [5.74, 6) is -1.11. The zero-order chi connectivity index (χ0) is 12.3. The van der Waals surface area contributed by atoms with Gasteiger partial charge >= 0.3 is 5.97 Å². The SMILES string of the molecule is C=C(Cc1cccc(S(N)(=O)=O)c1)C(=O)O. The zero-order valence-corrected chi connectivity index (χ0v) is 9.20. The Morgan fingerprint density at radius 3 is 2.56 bits per heavy atom. The molecule has 0 radical (unpaired) electrons. The highest BCUT2D eigenvalue weighted by atomic mass is 32.2. The highest BCUT2D eigenvalue weighted by molar-refractivity contribution is 7.89. The molecule has 3 N–H and O–H groups in total. The van der Waals surface area contributed by atoms with Crippen LogP contribution in [0.1, 0.15) is 5.56 Å². The molecule has 5 nitrogen and oxygen atoms in total. The van der Waals surface area contributed by atoms with E-state index in [1.54, 1.807) is 6.07 Å². The van der Waals surface area contributed by atoms with Gasteiger partial charge in [0.15, 0.2) is 0 Å². The van der Waals surface area contributed by atoms with Crippen LogP contribution in [0.3, 0.4) is 0 Å². The first-order valence-corrected chi connectivity index (χ1v) is 5.88. The Morgan fingerprint density at radius 2 is 2.06 bits per heavy atom. The molecule has 1 rings (SSSR count). The van der Waals surface area contributed by atoms with E-state index in [1.165, 1.54) is 18.2 Å². The highest BCUT2D eigenvalue weighted by Crippen LogP contribution is 2.12. The van der Waals surface area contributed by atoms with Crippen molar-refractivity contribution in [3.05, 3.63) is 42.0 Å². The molecule has 86 valence electrons. The summed E-state index contributed by atoms with van der Waals surface area (Å²) >= 11 is 0. The fourth-order valence-corrected chi connectivity index (χ4v) is 1.74. The van der Waals surface area contributed by atoms with E-state index in [0.717, 1.165) is 0 Å². The van der Waals surface area contributed by atoms with E-state index in [4.69, 9.17) is 10.2 Å². The Morgan fingerprint density at radius 1 is 1.44 bits per heavy atom. The molecule has 0 aliphatic heterocycles. The molecule has 0 unspecified atom stereocenters. The minimum atomic E-state index is -3.76. The first kappa shape index (κ1) is 12.4. The molecule has 0 saturated carbocycles. The number of carboxylic acids is 1. The predicted molar refractivity (Wildman–Crippen MR) is 58.3 cm³/mol. The average Bonchev–Trinajstić information content (AvgIpc) is 2.16. The number of hydrogen-bond donors (Lipinski definition) is 2. The van der Waals surface area contributed by atoms with Crippen LogP contribution in [0.5, 0.6) is 0 Å². The highest BCUT2D eigenvalue weighted by Gasteiger charge is 2.10. The predicted octanol–water partition coefficient (Wildman–Crippen LogP) is 0.517. The summed E-state index contributed by atoms with van der Waals surface area (Å²) in [6.45, 7) is 3.36. The molecule has 0 saturated heterocycles. The second kappa shape index (κ2) is 4.46. The monoisotopic (exact) mass is 241 g/mol. The lowest BCUT2D eigenvalue weighted by molar-refractivity contribution is -0.132. The molecule has 0 heterocycles. The Kier molecular flexibility index (Phi) is 3.46. The van der Waals surface area contributed by atoms with E-state index in [-0.39, 0.29) is 16.9 Å². The van der Waals surface area contributed by atoms with E-state index in [0.29, 0.717) is 5.56 Å². The normalized spacial score (nSPS) is 11.1. The molecule has 0 amide bonds. The van der Waals surface area contributed by atoms with Crippen molar-refractivity contribution in [2.45, 2.75) is 11.3 Å². The van der Waals surface area contributed by atoms with Gasteiger partial charge in [-0.1, -0.05) is 18.7 Å². The van der Waals surface area contributed by atoms with E-state index in [9.17, 15) is 13.2 Å². The van der Waals surface area contributed by atoms with Gasteiger partial charge < -0.3 is 5.11 Å². The summed E-state index contributed by atoms with van der Waals surface area (Å²) in [4.78, 5) is 10.5. The van der Waals surface area contributed by atoms with Gasteiger partial charge in [-0.05, 0) is 17.7 Å². The molecule has 0 aliphatic carbocycles. The van der Waals surface area contributed by atoms with Crippen molar-refractivity contribution in [2.75, 3.05) is 0 Å². The topological polar surface area (TPSA) is 97.5 Å². The lowest BCUT2D eigenvalue weighted by Crippen LogP contribution is -2.12. The number of carbonyl (C=O) groups is 1. The van der Waals surface area contributed by atoms with E-state index >= 15 is 0 Å². The third kappa shape index (κ3) is 3.18. The Labute approximate surface area is 93.3 Å². The number of sulfonamides is 1. The van der Waals surface area contributed by atoms with Gasteiger partial charge in [-0.2, -0.15) is 0 Å². The molecule has 0 bridgehead atoms. The largest absolute Gasteiger partial charge is 0.478 e. The Balaban J connectivity index is 3.01. The molecule has 0 atom stereocenters. The van der Waals surface area contributed by atoms with Crippen molar-refractivity contribution < 1.29 is 18.3 Å². The minimum absolute atomic E-state index is 0.00781. The quantitative estimate of drug-likeness (QED) is 0.751. The van der Waals surface area contributed by atoms with Crippen molar-refractivity contribution in [1.82, 2.24) is 0 Å². The van der Waals surface area contributed by atoms with Crippen molar-refractivity contribution in [3.63, 3.8) is 0 Å². The molecule has 0 aliphatic rings. The van der Waals surface area contributed by atoms with E-state index in [1.807, 2.05) is 0 Å². The number of nitrogens with two attached hydrogens (primary N) is 1. The van der Waals surface area contributed by atoms with Crippen LogP contribution < -0.4 is 5.14 Å². The van der Waals surface area contributed by atoms with Crippen LogP contribution >= 0.6 is 0 Å². The lowest BCUT2D eigenvalue weighted by atomic mass is 10.1. The number of rotatable bonds is 4. The number of aliphatic carboxylic acids is 1. The van der Waals surface area contributed by atoms with Gasteiger partial charge in [0.1, 0.15) is 0 Å². The molecular weight excluding hydrogens is 230 g/mol. The van der Waals surface area contributed by atoms with Crippen molar-refractivity contribution >= 4 is 16.0 Å². The summed E-state index contributed by atoms with van der Waals surface area (Å²) in [5, 5.41) is 13.6. The van der Waals surface area contributed by atoms with Crippen LogP contribution in [0.25, 0.3) is 0 Å². The van der Waals surface area contributed by atoms with Crippen LogP contribution in [0.2, 0.25) is 0 Å². The zero-order valence-electron chi connectivity index (χ0n) is 8.38. The van der Waals surface area contributed by atoms with Gasteiger partial charge in [-0.15, -0.1) is 0 Å². The number of primary sulfonamides is 1. The smallest absolute Gasteiger partial charge is 0.331 e. The lowest BCUT2D eigenvalue weighted by Gasteiger charge is -2.03. The van der Waals surface area contributed by atoms with Gasteiger partial charge in [0.2, 0.25) is 10.0 Å². The van der Waals surface area contributed by atoms with Gasteiger partial charge in [0, 0.05) is 12.0 Å². The van der Waals surface area contributed by atoms with Crippen LogP contribution in [0.4, 0.5) is 0 Å². The maximum Gasteiger partial charge on any atom is 0.331 e. The minimum Gasteiger partial charge on any atom is -0.478 e. The average molecular weight is 241 g/mol. The molecule has 6 heteroatoms. The summed E-state index contributed by atoms with van der Waals surface area (Å²) in [7, 11) is -3.76.